The van der Waals surface area contributed by atoms with Crippen molar-refractivity contribution in [1.29, 1.82) is 0 Å². The Morgan fingerprint density at radius 2 is 1.88 bits per heavy atom. The van der Waals surface area contributed by atoms with Gasteiger partial charge in [-0.3, -0.25) is 14.3 Å². The summed E-state index contributed by atoms with van der Waals surface area (Å²) < 4.78 is 53.7. The van der Waals surface area contributed by atoms with Gasteiger partial charge in [0, 0.05) is 17.3 Å². The van der Waals surface area contributed by atoms with Crippen LogP contribution in [0.3, 0.4) is 0 Å². The van der Waals surface area contributed by atoms with Gasteiger partial charge < -0.3 is 5.11 Å². The van der Waals surface area contributed by atoms with Crippen molar-refractivity contribution >= 4 is 10.9 Å². The molecule has 0 aliphatic carbocycles. The Morgan fingerprint density at radius 1 is 1.09 bits per heavy atom. The standard InChI is InChI=1S/C22H16F4N4O2/c1-12(10-31)30-11-28-20-16(21(30)32)8-17(14-5-6-18(27-9-14)22(24,25)26)29-19(20)13-3-2-4-15(23)7-13/h2-9,11-12,31H,10H2,1H3/t12-/m0/s1. The average molecular weight is 444 g/mol. The molecule has 0 radical (unpaired) electrons. The molecule has 0 saturated heterocycles. The molecule has 1 aromatic carbocycles. The molecule has 0 aliphatic rings. The molecular weight excluding hydrogens is 428 g/mol. The molecule has 6 nitrogen and oxygen atoms in total. The van der Waals surface area contributed by atoms with Gasteiger partial charge in [-0.1, -0.05) is 12.1 Å². The van der Waals surface area contributed by atoms with Crippen molar-refractivity contribution in [1.82, 2.24) is 19.5 Å². The Bertz CT molecular complexity index is 1350. The summed E-state index contributed by atoms with van der Waals surface area (Å²) in [5.74, 6) is -0.527. The average Bonchev–Trinajstić information content (AvgIpc) is 2.78. The summed E-state index contributed by atoms with van der Waals surface area (Å²) in [5.41, 5.74) is -0.389. The second-order valence-corrected chi connectivity index (χ2v) is 7.18. The van der Waals surface area contributed by atoms with E-state index in [0.717, 1.165) is 12.3 Å². The highest BCUT2D eigenvalue weighted by Crippen LogP contribution is 2.31. The van der Waals surface area contributed by atoms with E-state index in [-0.39, 0.29) is 34.5 Å². The maximum Gasteiger partial charge on any atom is 0.433 e. The molecule has 0 fully saturated rings. The van der Waals surface area contributed by atoms with Crippen LogP contribution < -0.4 is 5.56 Å². The lowest BCUT2D eigenvalue weighted by Crippen LogP contribution is -2.25. The molecule has 0 bridgehead atoms. The number of rotatable bonds is 4. The van der Waals surface area contributed by atoms with Gasteiger partial charge in [-0.15, -0.1) is 0 Å². The Kier molecular flexibility index (Phi) is 5.47. The molecule has 0 unspecified atom stereocenters. The number of aliphatic hydroxyl groups excluding tert-OH is 1. The summed E-state index contributed by atoms with van der Waals surface area (Å²) in [6.07, 6.45) is -2.31. The van der Waals surface area contributed by atoms with E-state index in [1.54, 1.807) is 13.0 Å². The van der Waals surface area contributed by atoms with Gasteiger partial charge in [0.05, 0.1) is 35.8 Å². The van der Waals surface area contributed by atoms with E-state index in [1.165, 1.54) is 41.2 Å². The van der Waals surface area contributed by atoms with Crippen LogP contribution in [0.2, 0.25) is 0 Å². The van der Waals surface area contributed by atoms with Gasteiger partial charge in [-0.2, -0.15) is 13.2 Å². The van der Waals surface area contributed by atoms with Crippen LogP contribution in [-0.2, 0) is 6.18 Å². The van der Waals surface area contributed by atoms with Gasteiger partial charge in [0.25, 0.3) is 5.56 Å². The topological polar surface area (TPSA) is 80.9 Å². The second-order valence-electron chi connectivity index (χ2n) is 7.18. The van der Waals surface area contributed by atoms with Gasteiger partial charge in [-0.05, 0) is 37.3 Å². The quantitative estimate of drug-likeness (QED) is 0.477. The molecule has 1 N–H and O–H groups in total. The van der Waals surface area contributed by atoms with Crippen LogP contribution in [0.1, 0.15) is 18.7 Å². The number of pyridine rings is 2. The minimum absolute atomic E-state index is 0.122. The SMILES string of the molecule is C[C@@H](CO)n1cnc2c(-c3cccc(F)c3)nc(-c3ccc(C(F)(F)F)nc3)cc2c1=O. The van der Waals surface area contributed by atoms with Crippen LogP contribution in [0.25, 0.3) is 33.4 Å². The summed E-state index contributed by atoms with van der Waals surface area (Å²) in [7, 11) is 0. The first-order valence-electron chi connectivity index (χ1n) is 9.51. The number of nitrogens with zero attached hydrogens (tertiary/aromatic N) is 4. The first kappa shape index (κ1) is 21.6. The van der Waals surface area contributed by atoms with Crippen molar-refractivity contribution in [3.8, 4) is 22.5 Å². The summed E-state index contributed by atoms with van der Waals surface area (Å²) >= 11 is 0. The molecule has 1 atom stereocenters. The van der Waals surface area contributed by atoms with Gasteiger partial charge in [0.15, 0.2) is 0 Å². The second kappa shape index (κ2) is 8.12. The number of aromatic nitrogens is 4. The third kappa shape index (κ3) is 3.96. The Labute approximate surface area is 178 Å². The van der Waals surface area contributed by atoms with Crippen molar-refractivity contribution in [2.45, 2.75) is 19.1 Å². The lowest BCUT2D eigenvalue weighted by molar-refractivity contribution is -0.141. The Morgan fingerprint density at radius 3 is 2.50 bits per heavy atom. The van der Waals surface area contributed by atoms with Gasteiger partial charge >= 0.3 is 6.18 Å². The lowest BCUT2D eigenvalue weighted by atomic mass is 10.0. The molecule has 0 saturated carbocycles. The van der Waals surface area contributed by atoms with Crippen LogP contribution in [0.5, 0.6) is 0 Å². The molecule has 3 heterocycles. The van der Waals surface area contributed by atoms with E-state index in [1.807, 2.05) is 0 Å². The first-order valence-corrected chi connectivity index (χ1v) is 9.51. The van der Waals surface area contributed by atoms with Crippen LogP contribution in [0, 0.1) is 5.82 Å². The van der Waals surface area contributed by atoms with E-state index >= 15 is 0 Å². The summed E-state index contributed by atoms with van der Waals surface area (Å²) in [4.78, 5) is 25.3. The predicted molar refractivity (Wildman–Crippen MR) is 109 cm³/mol. The number of aliphatic hydroxyl groups is 1. The largest absolute Gasteiger partial charge is 0.433 e. The fraction of sp³-hybridized carbons (Fsp3) is 0.182. The number of benzene rings is 1. The van der Waals surface area contributed by atoms with Gasteiger partial charge in [-0.25, -0.2) is 14.4 Å². The molecule has 164 valence electrons. The Balaban J connectivity index is 1.99. The van der Waals surface area contributed by atoms with Crippen LogP contribution in [0.15, 0.2) is 59.8 Å². The summed E-state index contributed by atoms with van der Waals surface area (Å²) in [6, 6.07) is 8.39. The monoisotopic (exact) mass is 444 g/mol. The van der Waals surface area contributed by atoms with E-state index in [4.69, 9.17) is 0 Å². The smallest absolute Gasteiger partial charge is 0.394 e. The maximum atomic E-state index is 13.9. The fourth-order valence-electron chi connectivity index (χ4n) is 3.24. The van der Waals surface area contributed by atoms with Crippen LogP contribution in [-0.4, -0.2) is 31.2 Å². The zero-order valence-electron chi connectivity index (χ0n) is 16.6. The van der Waals surface area contributed by atoms with Crippen molar-refractivity contribution in [3.63, 3.8) is 0 Å². The minimum Gasteiger partial charge on any atom is -0.394 e. The predicted octanol–water partition coefficient (Wildman–Crippen LogP) is 4.23. The molecule has 10 heteroatoms. The van der Waals surface area contributed by atoms with Crippen molar-refractivity contribution in [3.05, 3.63) is 76.9 Å². The highest BCUT2D eigenvalue weighted by atomic mass is 19.4. The molecule has 4 rings (SSSR count). The molecule has 4 aromatic rings. The molecule has 0 amide bonds. The van der Waals surface area contributed by atoms with Crippen molar-refractivity contribution in [2.75, 3.05) is 6.61 Å². The highest BCUT2D eigenvalue weighted by Gasteiger charge is 2.32. The third-order valence-electron chi connectivity index (χ3n) is 4.96. The van der Waals surface area contributed by atoms with Gasteiger partial charge in [0.1, 0.15) is 17.0 Å². The Hall–Kier alpha value is -3.66. The number of hydrogen-bond donors (Lipinski definition) is 1. The normalized spacial score (nSPS) is 12.8. The first-order chi connectivity index (χ1) is 15.2. The third-order valence-corrected chi connectivity index (χ3v) is 4.96. The molecule has 32 heavy (non-hydrogen) atoms. The summed E-state index contributed by atoms with van der Waals surface area (Å²) in [6.45, 7) is 1.33. The lowest BCUT2D eigenvalue weighted by Gasteiger charge is -2.14. The molecule has 3 aromatic heterocycles. The van der Waals surface area contributed by atoms with E-state index in [0.29, 0.717) is 5.56 Å². The van der Waals surface area contributed by atoms with E-state index in [2.05, 4.69) is 15.0 Å². The number of halogens is 4. The zero-order chi connectivity index (χ0) is 23.0. The van der Waals surface area contributed by atoms with Crippen LogP contribution in [0.4, 0.5) is 17.6 Å². The zero-order valence-corrected chi connectivity index (χ0v) is 16.6. The number of hydrogen-bond acceptors (Lipinski definition) is 5. The number of fused-ring (bicyclic) bond motifs is 1. The maximum absolute atomic E-state index is 13.9. The minimum atomic E-state index is -4.60. The van der Waals surface area contributed by atoms with Gasteiger partial charge in [0.2, 0.25) is 0 Å². The van der Waals surface area contributed by atoms with E-state index in [9.17, 15) is 27.5 Å². The molecule has 0 aliphatic heterocycles. The highest BCUT2D eigenvalue weighted by molar-refractivity contribution is 5.93. The number of alkyl halides is 3. The van der Waals surface area contributed by atoms with Crippen LogP contribution >= 0.6 is 0 Å². The van der Waals surface area contributed by atoms with E-state index < -0.39 is 29.3 Å². The van der Waals surface area contributed by atoms with Crippen molar-refractivity contribution < 1.29 is 22.7 Å². The molecular formula is C22H16F4N4O2. The fourth-order valence-corrected chi connectivity index (χ4v) is 3.24. The summed E-state index contributed by atoms with van der Waals surface area (Å²) in [5, 5.41) is 9.55. The van der Waals surface area contributed by atoms with Crippen molar-refractivity contribution in [2.24, 2.45) is 0 Å². The molecule has 0 spiro atoms.